The molecule has 0 aliphatic heterocycles. The van der Waals surface area contributed by atoms with Crippen molar-refractivity contribution < 1.29 is 4.79 Å². The lowest BCUT2D eigenvalue weighted by molar-refractivity contribution is 0.252. The van der Waals surface area contributed by atoms with Crippen molar-refractivity contribution in [3.63, 3.8) is 0 Å². The molecule has 1 aromatic heterocycles. The van der Waals surface area contributed by atoms with Gasteiger partial charge in [-0.05, 0) is 46.9 Å². The molecule has 0 spiro atoms. The Kier molecular flexibility index (Phi) is 5.98. The Hall–Kier alpha value is -1.15. The fourth-order valence-electron chi connectivity index (χ4n) is 1.72. The van der Waals surface area contributed by atoms with Crippen molar-refractivity contribution in [2.75, 3.05) is 11.9 Å². The fourth-order valence-corrected chi connectivity index (χ4v) is 2.94. The third kappa shape index (κ3) is 5.28. The summed E-state index contributed by atoms with van der Waals surface area (Å²) in [5.41, 5.74) is 1.84. The topological polar surface area (TPSA) is 54.0 Å². The highest BCUT2D eigenvalue weighted by Crippen LogP contribution is 2.19. The van der Waals surface area contributed by atoms with Gasteiger partial charge in [0.15, 0.2) is 0 Å². The van der Waals surface area contributed by atoms with Crippen LogP contribution in [0.1, 0.15) is 30.5 Å². The van der Waals surface area contributed by atoms with Crippen molar-refractivity contribution in [3.05, 3.63) is 43.9 Å². The van der Waals surface area contributed by atoms with E-state index in [0.29, 0.717) is 12.5 Å². The lowest BCUT2D eigenvalue weighted by Crippen LogP contribution is -2.30. The van der Waals surface area contributed by atoms with E-state index in [1.807, 2.05) is 24.3 Å². The molecule has 1 aromatic carbocycles. The van der Waals surface area contributed by atoms with Crippen LogP contribution in [0.3, 0.4) is 0 Å². The predicted molar refractivity (Wildman–Crippen MR) is 96.1 cm³/mol. The number of benzene rings is 1. The number of nitrogens with one attached hydrogen (secondary N) is 2. The van der Waals surface area contributed by atoms with E-state index in [1.165, 1.54) is 0 Å². The molecule has 112 valence electrons. The van der Waals surface area contributed by atoms with Gasteiger partial charge < -0.3 is 10.6 Å². The Bertz CT molecular complexity index is 595. The number of urea groups is 1. The van der Waals surface area contributed by atoms with Gasteiger partial charge in [-0.25, -0.2) is 9.78 Å². The summed E-state index contributed by atoms with van der Waals surface area (Å²) >= 11 is 3.91. The maximum atomic E-state index is 11.8. The van der Waals surface area contributed by atoms with Crippen molar-refractivity contribution in [2.45, 2.75) is 26.2 Å². The summed E-state index contributed by atoms with van der Waals surface area (Å²) < 4.78 is 1.14. The summed E-state index contributed by atoms with van der Waals surface area (Å²) in [4.78, 5) is 16.3. The minimum Gasteiger partial charge on any atom is -0.337 e. The van der Waals surface area contributed by atoms with E-state index in [2.05, 4.69) is 57.4 Å². The van der Waals surface area contributed by atoms with E-state index >= 15 is 0 Å². The number of nitrogens with zero attached hydrogens (tertiary/aromatic N) is 1. The number of aromatic nitrogens is 1. The van der Waals surface area contributed by atoms with Crippen LogP contribution in [-0.2, 0) is 6.42 Å². The summed E-state index contributed by atoms with van der Waals surface area (Å²) in [6, 6.07) is 7.50. The molecule has 0 aliphatic carbocycles. The molecule has 21 heavy (non-hydrogen) atoms. The summed E-state index contributed by atoms with van der Waals surface area (Å²) in [5.74, 6) is 0.459. The zero-order valence-electron chi connectivity index (χ0n) is 12.0. The van der Waals surface area contributed by atoms with Crippen LogP contribution in [-0.4, -0.2) is 17.6 Å². The number of hydrogen-bond donors (Lipinski definition) is 2. The SMILES string of the molecule is CC(C)c1nc(CCNC(=O)Nc2ccc(I)cc2)cs1. The zero-order chi connectivity index (χ0) is 15.2. The quantitative estimate of drug-likeness (QED) is 0.718. The van der Waals surface area contributed by atoms with Crippen molar-refractivity contribution in [3.8, 4) is 0 Å². The van der Waals surface area contributed by atoms with Gasteiger partial charge in [-0.3, -0.25) is 0 Å². The highest BCUT2D eigenvalue weighted by molar-refractivity contribution is 14.1. The average molecular weight is 415 g/mol. The first-order valence-corrected chi connectivity index (χ1v) is 8.75. The Morgan fingerprint density at radius 1 is 1.33 bits per heavy atom. The van der Waals surface area contributed by atoms with Gasteiger partial charge in [0.1, 0.15) is 0 Å². The summed E-state index contributed by atoms with van der Waals surface area (Å²) in [6.07, 6.45) is 0.753. The summed E-state index contributed by atoms with van der Waals surface area (Å²) in [7, 11) is 0. The number of rotatable bonds is 5. The van der Waals surface area contributed by atoms with Crippen LogP contribution in [0.2, 0.25) is 0 Å². The lowest BCUT2D eigenvalue weighted by Gasteiger charge is -2.07. The maximum Gasteiger partial charge on any atom is 0.319 e. The third-order valence-electron chi connectivity index (χ3n) is 2.83. The molecule has 0 saturated carbocycles. The van der Waals surface area contributed by atoms with E-state index in [1.54, 1.807) is 11.3 Å². The van der Waals surface area contributed by atoms with Crippen LogP contribution in [0.5, 0.6) is 0 Å². The Balaban J connectivity index is 1.74. The van der Waals surface area contributed by atoms with Gasteiger partial charge in [-0.15, -0.1) is 11.3 Å². The molecular weight excluding hydrogens is 397 g/mol. The monoisotopic (exact) mass is 415 g/mol. The molecule has 0 aliphatic rings. The Labute approximate surface area is 142 Å². The molecule has 2 rings (SSSR count). The average Bonchev–Trinajstić information content (AvgIpc) is 2.90. The van der Waals surface area contributed by atoms with Crippen LogP contribution in [0.15, 0.2) is 29.6 Å². The van der Waals surface area contributed by atoms with Gasteiger partial charge in [0.05, 0.1) is 10.7 Å². The Morgan fingerprint density at radius 2 is 2.05 bits per heavy atom. The number of thiazole rings is 1. The van der Waals surface area contributed by atoms with Crippen LogP contribution in [0.25, 0.3) is 0 Å². The molecule has 0 bridgehead atoms. The summed E-state index contributed by atoms with van der Waals surface area (Å²) in [6.45, 7) is 4.85. The Morgan fingerprint density at radius 3 is 2.67 bits per heavy atom. The fraction of sp³-hybridized carbons (Fsp3) is 0.333. The van der Waals surface area contributed by atoms with Gasteiger partial charge in [0.25, 0.3) is 0 Å². The van der Waals surface area contributed by atoms with Crippen LogP contribution < -0.4 is 10.6 Å². The molecule has 0 fully saturated rings. The van der Waals surface area contributed by atoms with Gasteiger partial charge in [-0.2, -0.15) is 0 Å². The van der Waals surface area contributed by atoms with Crippen molar-refractivity contribution in [2.24, 2.45) is 0 Å². The first-order valence-electron chi connectivity index (χ1n) is 6.79. The minimum absolute atomic E-state index is 0.185. The number of carbonyl (C=O) groups is 1. The van der Waals surface area contributed by atoms with E-state index in [9.17, 15) is 4.79 Å². The molecule has 1 heterocycles. The highest BCUT2D eigenvalue weighted by Gasteiger charge is 2.06. The van der Waals surface area contributed by atoms with E-state index < -0.39 is 0 Å². The molecule has 2 aromatic rings. The molecule has 2 amide bonds. The summed E-state index contributed by atoms with van der Waals surface area (Å²) in [5, 5.41) is 8.86. The second-order valence-electron chi connectivity index (χ2n) is 4.97. The normalized spacial score (nSPS) is 10.7. The molecule has 4 nitrogen and oxygen atoms in total. The number of hydrogen-bond acceptors (Lipinski definition) is 3. The molecule has 0 atom stereocenters. The highest BCUT2D eigenvalue weighted by atomic mass is 127. The second-order valence-corrected chi connectivity index (χ2v) is 7.10. The molecule has 0 saturated heterocycles. The minimum atomic E-state index is -0.185. The van der Waals surface area contributed by atoms with Gasteiger partial charge in [0.2, 0.25) is 0 Å². The molecule has 6 heteroatoms. The second kappa shape index (κ2) is 7.74. The van der Waals surface area contributed by atoms with Crippen molar-refractivity contribution in [1.82, 2.24) is 10.3 Å². The molecule has 2 N–H and O–H groups in total. The largest absolute Gasteiger partial charge is 0.337 e. The molecule has 0 unspecified atom stereocenters. The predicted octanol–water partition coefficient (Wildman–Crippen LogP) is 4.24. The van der Waals surface area contributed by atoms with Gasteiger partial charge in [0, 0.05) is 33.5 Å². The van der Waals surface area contributed by atoms with Gasteiger partial charge in [-0.1, -0.05) is 13.8 Å². The van der Waals surface area contributed by atoms with Crippen molar-refractivity contribution in [1.29, 1.82) is 0 Å². The smallest absolute Gasteiger partial charge is 0.319 e. The van der Waals surface area contributed by atoms with E-state index in [4.69, 9.17) is 0 Å². The van der Waals surface area contributed by atoms with E-state index in [-0.39, 0.29) is 6.03 Å². The number of anilines is 1. The molecular formula is C15H18IN3OS. The maximum absolute atomic E-state index is 11.8. The third-order valence-corrected chi connectivity index (χ3v) is 4.75. The van der Waals surface area contributed by atoms with Gasteiger partial charge >= 0.3 is 6.03 Å². The number of halogens is 1. The first kappa shape index (κ1) is 16.2. The van der Waals surface area contributed by atoms with Crippen molar-refractivity contribution >= 4 is 45.6 Å². The lowest BCUT2D eigenvalue weighted by atomic mass is 10.2. The van der Waals surface area contributed by atoms with E-state index in [0.717, 1.165) is 26.4 Å². The standard InChI is InChI=1S/C15H18IN3OS/c1-10(2)14-18-13(9-21-14)7-8-17-15(20)19-12-5-3-11(16)4-6-12/h3-6,9-10H,7-8H2,1-2H3,(H2,17,19,20). The first-order chi connectivity index (χ1) is 10.0. The molecule has 0 radical (unpaired) electrons. The van der Waals surface area contributed by atoms with Crippen LogP contribution >= 0.6 is 33.9 Å². The number of carbonyl (C=O) groups excluding carboxylic acids is 1. The van der Waals surface area contributed by atoms with Crippen LogP contribution in [0.4, 0.5) is 10.5 Å². The van der Waals surface area contributed by atoms with Crippen LogP contribution in [0, 0.1) is 3.57 Å². The number of amides is 2. The zero-order valence-corrected chi connectivity index (χ0v) is 15.0.